The minimum Gasteiger partial charge on any atom is -0.0622 e. The van der Waals surface area contributed by atoms with E-state index in [1.165, 1.54) is 44.6 Å². The lowest BCUT2D eigenvalue weighted by Crippen LogP contribution is -1.99. The van der Waals surface area contributed by atoms with Crippen molar-refractivity contribution in [3.05, 3.63) is 118 Å². The summed E-state index contributed by atoms with van der Waals surface area (Å²) in [4.78, 5) is 0. The van der Waals surface area contributed by atoms with E-state index in [0.29, 0.717) is 0 Å². The molecule has 0 heterocycles. The molecule has 0 N–H and O–H groups in total. The highest BCUT2D eigenvalue weighted by Crippen LogP contribution is 2.47. The van der Waals surface area contributed by atoms with E-state index in [0.717, 1.165) is 19.3 Å². The monoisotopic (exact) mass is 350 g/mol. The molecule has 0 saturated carbocycles. The van der Waals surface area contributed by atoms with Gasteiger partial charge in [-0.05, 0) is 63.8 Å². The molecule has 2 aromatic rings. The van der Waals surface area contributed by atoms with Crippen LogP contribution in [0, 0.1) is 0 Å². The molecule has 0 unspecified atom stereocenters. The summed E-state index contributed by atoms with van der Waals surface area (Å²) < 4.78 is 0. The van der Waals surface area contributed by atoms with Crippen LogP contribution in [0.4, 0.5) is 0 Å². The predicted octanol–water partition coefficient (Wildman–Crippen LogP) is 7.54. The second-order valence-corrected chi connectivity index (χ2v) is 7.09. The van der Waals surface area contributed by atoms with E-state index in [2.05, 4.69) is 98.8 Å². The van der Waals surface area contributed by atoms with Crippen molar-refractivity contribution < 1.29 is 0 Å². The summed E-state index contributed by atoms with van der Waals surface area (Å²) >= 11 is 0. The fourth-order valence-corrected chi connectivity index (χ4v) is 4.36. The van der Waals surface area contributed by atoms with Crippen LogP contribution < -0.4 is 0 Å². The van der Waals surface area contributed by atoms with E-state index in [1.54, 1.807) is 0 Å². The van der Waals surface area contributed by atoms with Crippen molar-refractivity contribution in [2.24, 2.45) is 0 Å². The van der Waals surface area contributed by atoms with Gasteiger partial charge in [0.2, 0.25) is 0 Å². The largest absolute Gasteiger partial charge is 0.0622 e. The topological polar surface area (TPSA) is 0 Å². The molecule has 0 nitrogen and oxygen atoms in total. The van der Waals surface area contributed by atoms with Crippen molar-refractivity contribution in [2.75, 3.05) is 0 Å². The molecular weight excluding hydrogens is 324 g/mol. The standard InChI is InChI=1S/C27H26/c1-3-24-22-17-11-12-18-23(19-22)25(4-2)27(21-15-9-6-10-16-21)26(24)20-13-7-5-8-14-20/h5-18H,3-4,19H2,1-2H3. The summed E-state index contributed by atoms with van der Waals surface area (Å²) in [6.45, 7) is 4.58. The Bertz CT molecular complexity index is 895. The molecule has 2 aliphatic carbocycles. The number of allylic oxidation sites excluding steroid dienone is 10. The third-order valence-corrected chi connectivity index (χ3v) is 5.55. The van der Waals surface area contributed by atoms with Gasteiger partial charge in [0.05, 0.1) is 0 Å². The Morgan fingerprint density at radius 1 is 0.593 bits per heavy atom. The summed E-state index contributed by atoms with van der Waals surface area (Å²) in [6, 6.07) is 21.9. The molecule has 0 amide bonds. The first-order chi connectivity index (χ1) is 13.3. The van der Waals surface area contributed by atoms with Crippen molar-refractivity contribution >= 4 is 11.1 Å². The lowest BCUT2D eigenvalue weighted by Gasteiger charge is -2.20. The van der Waals surface area contributed by atoms with Gasteiger partial charge in [-0.15, -0.1) is 0 Å². The maximum absolute atomic E-state index is 2.31. The fourth-order valence-electron chi connectivity index (χ4n) is 4.36. The summed E-state index contributed by atoms with van der Waals surface area (Å²) in [5.74, 6) is 0. The maximum atomic E-state index is 2.31. The van der Waals surface area contributed by atoms with E-state index in [4.69, 9.17) is 0 Å². The second-order valence-electron chi connectivity index (χ2n) is 7.09. The van der Waals surface area contributed by atoms with Crippen molar-refractivity contribution in [3.63, 3.8) is 0 Å². The zero-order chi connectivity index (χ0) is 18.6. The average molecular weight is 351 g/mol. The maximum Gasteiger partial charge on any atom is -0.00199 e. The van der Waals surface area contributed by atoms with Gasteiger partial charge in [0, 0.05) is 0 Å². The molecule has 2 aromatic carbocycles. The molecule has 27 heavy (non-hydrogen) atoms. The van der Waals surface area contributed by atoms with Crippen molar-refractivity contribution in [1.29, 1.82) is 0 Å². The molecule has 0 heteroatoms. The van der Waals surface area contributed by atoms with Gasteiger partial charge in [-0.3, -0.25) is 0 Å². The van der Waals surface area contributed by atoms with Crippen LogP contribution in [0.25, 0.3) is 11.1 Å². The second kappa shape index (κ2) is 7.80. The van der Waals surface area contributed by atoms with Gasteiger partial charge in [0.15, 0.2) is 0 Å². The molecule has 0 fully saturated rings. The van der Waals surface area contributed by atoms with Gasteiger partial charge in [-0.2, -0.15) is 0 Å². The Morgan fingerprint density at radius 2 is 1.00 bits per heavy atom. The quantitative estimate of drug-likeness (QED) is 0.534. The first kappa shape index (κ1) is 17.5. The van der Waals surface area contributed by atoms with E-state index in [9.17, 15) is 0 Å². The van der Waals surface area contributed by atoms with Crippen molar-refractivity contribution in [3.8, 4) is 0 Å². The number of hydrogen-bond acceptors (Lipinski definition) is 0. The predicted molar refractivity (Wildman–Crippen MR) is 117 cm³/mol. The van der Waals surface area contributed by atoms with Crippen LogP contribution in [0.15, 0.2) is 107 Å². The van der Waals surface area contributed by atoms with Crippen LogP contribution in [0.3, 0.4) is 0 Å². The minimum atomic E-state index is 1.02. The Labute approximate surface area is 163 Å². The lowest BCUT2D eigenvalue weighted by atomic mass is 9.83. The summed E-state index contributed by atoms with van der Waals surface area (Å²) in [5.41, 5.74) is 11.3. The first-order valence-electron chi connectivity index (χ1n) is 9.98. The summed E-state index contributed by atoms with van der Waals surface area (Å²) in [6.07, 6.45) is 12.1. The molecule has 4 rings (SSSR count). The molecule has 0 aliphatic heterocycles. The van der Waals surface area contributed by atoms with Gasteiger partial charge in [-0.1, -0.05) is 98.8 Å². The number of hydrogen-bond donors (Lipinski definition) is 0. The summed E-state index contributed by atoms with van der Waals surface area (Å²) in [7, 11) is 0. The molecule has 0 saturated heterocycles. The van der Waals surface area contributed by atoms with Crippen LogP contribution >= 0.6 is 0 Å². The smallest absolute Gasteiger partial charge is 0.00199 e. The molecule has 2 aliphatic rings. The highest BCUT2D eigenvalue weighted by molar-refractivity contribution is 6.10. The van der Waals surface area contributed by atoms with Crippen LogP contribution in [-0.2, 0) is 0 Å². The molecule has 0 radical (unpaired) electrons. The van der Waals surface area contributed by atoms with Gasteiger partial charge >= 0.3 is 0 Å². The van der Waals surface area contributed by atoms with Crippen molar-refractivity contribution in [1.82, 2.24) is 0 Å². The Kier molecular flexibility index (Phi) is 5.07. The zero-order valence-electron chi connectivity index (χ0n) is 16.2. The van der Waals surface area contributed by atoms with E-state index < -0.39 is 0 Å². The lowest BCUT2D eigenvalue weighted by molar-refractivity contribution is 1.03. The first-order valence-corrected chi connectivity index (χ1v) is 9.98. The Hall–Kier alpha value is -2.86. The number of benzene rings is 2. The minimum absolute atomic E-state index is 1.02. The van der Waals surface area contributed by atoms with Crippen LogP contribution in [0.1, 0.15) is 44.2 Å². The van der Waals surface area contributed by atoms with E-state index in [-0.39, 0.29) is 0 Å². The van der Waals surface area contributed by atoms with Crippen LogP contribution in [0.2, 0.25) is 0 Å². The summed E-state index contributed by atoms with van der Waals surface area (Å²) in [5, 5.41) is 0. The molecule has 0 aromatic heterocycles. The fraction of sp³-hybridized carbons (Fsp3) is 0.185. The molecule has 134 valence electrons. The molecule has 2 bridgehead atoms. The third kappa shape index (κ3) is 3.28. The van der Waals surface area contributed by atoms with Crippen LogP contribution in [0.5, 0.6) is 0 Å². The molecular formula is C27H26. The highest BCUT2D eigenvalue weighted by atomic mass is 14.3. The van der Waals surface area contributed by atoms with Gasteiger partial charge in [-0.25, -0.2) is 0 Å². The van der Waals surface area contributed by atoms with Crippen molar-refractivity contribution in [2.45, 2.75) is 33.1 Å². The SMILES string of the molecule is CCC1=C(c2ccccc2)C(c2ccccc2)=C(CC)C2=CC=CC=C1C2. The van der Waals surface area contributed by atoms with Gasteiger partial charge in [0.1, 0.15) is 0 Å². The van der Waals surface area contributed by atoms with Crippen LogP contribution in [-0.4, -0.2) is 0 Å². The Balaban J connectivity index is 2.13. The molecule has 0 spiro atoms. The number of rotatable bonds is 4. The molecule has 0 atom stereocenters. The zero-order valence-corrected chi connectivity index (χ0v) is 16.2. The highest BCUT2D eigenvalue weighted by Gasteiger charge is 2.26. The normalized spacial score (nSPS) is 16.7. The van der Waals surface area contributed by atoms with Gasteiger partial charge in [0.25, 0.3) is 0 Å². The third-order valence-electron chi connectivity index (χ3n) is 5.55. The average Bonchev–Trinajstić information content (AvgIpc) is 3.05. The number of fused-ring (bicyclic) bond motifs is 2. The van der Waals surface area contributed by atoms with E-state index >= 15 is 0 Å². The Morgan fingerprint density at radius 3 is 1.37 bits per heavy atom. The van der Waals surface area contributed by atoms with E-state index in [1.807, 2.05) is 0 Å². The van der Waals surface area contributed by atoms with Gasteiger partial charge < -0.3 is 0 Å².